The quantitative estimate of drug-likeness (QED) is 0.263. The molecule has 2 fully saturated rings. The number of rotatable bonds is 8. The molecule has 3 rings (SSSR count). The van der Waals surface area contributed by atoms with Crippen LogP contribution in [0.4, 0.5) is 11.6 Å². The zero-order valence-electron chi connectivity index (χ0n) is 18.0. The number of hydrogen-bond acceptors (Lipinski definition) is 9. The summed E-state index contributed by atoms with van der Waals surface area (Å²) in [4.78, 5) is 23.1. The van der Waals surface area contributed by atoms with Crippen LogP contribution in [0.15, 0.2) is 12.4 Å². The van der Waals surface area contributed by atoms with E-state index in [1.807, 2.05) is 4.90 Å². The number of ether oxygens (including phenoxy) is 1. The maximum atomic E-state index is 13.3. The molecule has 0 unspecified atom stereocenters. The van der Waals surface area contributed by atoms with Crippen molar-refractivity contribution >= 4 is 52.4 Å². The Bertz CT molecular complexity index is 816. The zero-order chi connectivity index (χ0) is 21.6. The molecule has 2 saturated heterocycles. The Morgan fingerprint density at radius 2 is 1.81 bits per heavy atom. The Labute approximate surface area is 201 Å². The SMILES string of the molecule is CCCCNc1cnc(N2CCN(S(=O)(=O)C3(C(=O)NO)CCOCC3)CC2)cn1.Cl.Cl. The number of piperazine rings is 1. The van der Waals surface area contributed by atoms with E-state index in [1.165, 1.54) is 4.31 Å². The number of sulfonamides is 1. The lowest BCUT2D eigenvalue weighted by atomic mass is 9.98. The minimum atomic E-state index is -3.97. The van der Waals surface area contributed by atoms with E-state index in [2.05, 4.69) is 22.2 Å². The van der Waals surface area contributed by atoms with Crippen molar-refractivity contribution in [2.45, 2.75) is 37.4 Å². The van der Waals surface area contributed by atoms with Crippen LogP contribution in [0.3, 0.4) is 0 Å². The fourth-order valence-corrected chi connectivity index (χ4v) is 5.88. The second kappa shape index (κ2) is 12.7. The molecule has 2 aliphatic heterocycles. The number of hydrogen-bond donors (Lipinski definition) is 3. The van der Waals surface area contributed by atoms with Crippen molar-refractivity contribution < 1.29 is 23.2 Å². The topological polar surface area (TPSA) is 137 Å². The van der Waals surface area contributed by atoms with Gasteiger partial charge in [-0.1, -0.05) is 13.3 Å². The maximum absolute atomic E-state index is 13.3. The van der Waals surface area contributed by atoms with Crippen molar-refractivity contribution in [1.82, 2.24) is 19.8 Å². The van der Waals surface area contributed by atoms with Crippen LogP contribution in [0.5, 0.6) is 0 Å². The predicted molar refractivity (Wildman–Crippen MR) is 125 cm³/mol. The third-order valence-corrected chi connectivity index (χ3v) is 8.31. The second-order valence-corrected chi connectivity index (χ2v) is 9.73. The summed E-state index contributed by atoms with van der Waals surface area (Å²) in [5.41, 5.74) is 1.54. The molecule has 0 aliphatic carbocycles. The van der Waals surface area contributed by atoms with Gasteiger partial charge >= 0.3 is 0 Å². The van der Waals surface area contributed by atoms with Crippen LogP contribution >= 0.6 is 24.8 Å². The van der Waals surface area contributed by atoms with Crippen LogP contribution in [0.1, 0.15) is 32.6 Å². The van der Waals surface area contributed by atoms with Gasteiger partial charge in [0.2, 0.25) is 10.0 Å². The Morgan fingerprint density at radius 1 is 1.16 bits per heavy atom. The summed E-state index contributed by atoms with van der Waals surface area (Å²) < 4.78 is 31.5. The van der Waals surface area contributed by atoms with Gasteiger partial charge in [0, 0.05) is 58.8 Å². The molecule has 14 heteroatoms. The Kier molecular flexibility index (Phi) is 11.4. The van der Waals surface area contributed by atoms with Crippen LogP contribution in [-0.2, 0) is 19.6 Å². The summed E-state index contributed by atoms with van der Waals surface area (Å²) in [5, 5.41) is 12.4. The summed E-state index contributed by atoms with van der Waals surface area (Å²) in [6.45, 7) is 4.59. The zero-order valence-corrected chi connectivity index (χ0v) is 20.5. The summed E-state index contributed by atoms with van der Waals surface area (Å²) >= 11 is 0. The van der Waals surface area contributed by atoms with Gasteiger partial charge in [-0.05, 0) is 6.42 Å². The highest BCUT2D eigenvalue weighted by molar-refractivity contribution is 7.91. The number of hydroxylamine groups is 1. The molecule has 0 radical (unpaired) electrons. The Hall–Kier alpha value is -1.44. The lowest BCUT2D eigenvalue weighted by molar-refractivity contribution is -0.134. The molecule has 32 heavy (non-hydrogen) atoms. The van der Waals surface area contributed by atoms with Crippen molar-refractivity contribution in [3.05, 3.63) is 12.4 Å². The monoisotopic (exact) mass is 514 g/mol. The van der Waals surface area contributed by atoms with Gasteiger partial charge in [0.15, 0.2) is 4.75 Å². The number of carbonyl (C=O) groups excluding carboxylic acids is 1. The van der Waals surface area contributed by atoms with Gasteiger partial charge in [-0.25, -0.2) is 23.9 Å². The average Bonchev–Trinajstić information content (AvgIpc) is 2.79. The Morgan fingerprint density at radius 3 is 2.34 bits per heavy atom. The number of aromatic nitrogens is 2. The minimum Gasteiger partial charge on any atom is -0.381 e. The molecule has 0 spiro atoms. The number of amides is 1. The van der Waals surface area contributed by atoms with E-state index in [4.69, 9.17) is 9.94 Å². The van der Waals surface area contributed by atoms with E-state index >= 15 is 0 Å². The molecule has 0 bridgehead atoms. The van der Waals surface area contributed by atoms with Gasteiger partial charge in [0.1, 0.15) is 11.6 Å². The molecular formula is C18H32Cl2N6O5S. The van der Waals surface area contributed by atoms with E-state index in [-0.39, 0.29) is 64.0 Å². The molecular weight excluding hydrogens is 483 g/mol. The lowest BCUT2D eigenvalue weighted by Crippen LogP contribution is -2.62. The third-order valence-electron chi connectivity index (χ3n) is 5.69. The van der Waals surface area contributed by atoms with Crippen LogP contribution in [0.25, 0.3) is 0 Å². The number of nitrogens with one attached hydrogen (secondary N) is 2. The summed E-state index contributed by atoms with van der Waals surface area (Å²) in [6.07, 6.45) is 5.54. The number of halogens is 2. The summed E-state index contributed by atoms with van der Waals surface area (Å²) in [5.74, 6) is 0.497. The van der Waals surface area contributed by atoms with E-state index in [0.717, 1.165) is 19.4 Å². The number of nitrogens with zero attached hydrogens (tertiary/aromatic N) is 4. The van der Waals surface area contributed by atoms with E-state index < -0.39 is 20.7 Å². The van der Waals surface area contributed by atoms with E-state index in [1.54, 1.807) is 17.9 Å². The standard InChI is InChI=1S/C18H30N6O5S.2ClH/c1-2-3-6-19-15-13-21-16(14-20-15)23-7-9-24(10-8-23)30(27,28)18(17(25)22-26)4-11-29-12-5-18;;/h13-14,26H,2-12H2,1H3,(H,19,20)(H,22,25);2*1H. The highest BCUT2D eigenvalue weighted by atomic mass is 35.5. The van der Waals surface area contributed by atoms with Crippen molar-refractivity contribution in [2.75, 3.05) is 56.2 Å². The van der Waals surface area contributed by atoms with Crippen molar-refractivity contribution in [3.8, 4) is 0 Å². The van der Waals surface area contributed by atoms with Gasteiger partial charge in [0.25, 0.3) is 5.91 Å². The van der Waals surface area contributed by atoms with Crippen molar-refractivity contribution in [3.63, 3.8) is 0 Å². The smallest absolute Gasteiger partial charge is 0.266 e. The summed E-state index contributed by atoms with van der Waals surface area (Å²) in [6, 6.07) is 0. The average molecular weight is 515 g/mol. The third kappa shape index (κ3) is 5.91. The first-order valence-electron chi connectivity index (χ1n) is 10.3. The normalized spacial score (nSPS) is 18.8. The van der Waals surface area contributed by atoms with Gasteiger partial charge in [0.05, 0.1) is 12.4 Å². The second-order valence-electron chi connectivity index (χ2n) is 7.48. The fourth-order valence-electron chi connectivity index (χ4n) is 3.78. The maximum Gasteiger partial charge on any atom is 0.266 e. The summed E-state index contributed by atoms with van der Waals surface area (Å²) in [7, 11) is -3.97. The molecule has 0 aromatic carbocycles. The fraction of sp³-hybridized carbons (Fsp3) is 0.722. The van der Waals surface area contributed by atoms with Crippen LogP contribution in [-0.4, -0.2) is 84.5 Å². The lowest BCUT2D eigenvalue weighted by Gasteiger charge is -2.41. The van der Waals surface area contributed by atoms with Gasteiger partial charge < -0.3 is 15.0 Å². The first-order chi connectivity index (χ1) is 14.4. The molecule has 0 saturated carbocycles. The van der Waals surface area contributed by atoms with Crippen LogP contribution < -0.4 is 15.7 Å². The van der Waals surface area contributed by atoms with E-state index in [9.17, 15) is 13.2 Å². The van der Waals surface area contributed by atoms with Gasteiger partial charge in [-0.2, -0.15) is 4.31 Å². The molecule has 0 atom stereocenters. The van der Waals surface area contributed by atoms with Crippen LogP contribution in [0, 0.1) is 0 Å². The molecule has 1 aromatic heterocycles. The Balaban J connectivity index is 0.00000256. The molecule has 184 valence electrons. The highest BCUT2D eigenvalue weighted by Crippen LogP contribution is 2.33. The minimum absolute atomic E-state index is 0. The van der Waals surface area contributed by atoms with Gasteiger partial charge in [-0.3, -0.25) is 10.0 Å². The predicted octanol–water partition coefficient (Wildman–Crippen LogP) is 1.04. The molecule has 1 amide bonds. The number of carbonyl (C=O) groups is 1. The largest absolute Gasteiger partial charge is 0.381 e. The van der Waals surface area contributed by atoms with Crippen LogP contribution in [0.2, 0.25) is 0 Å². The van der Waals surface area contributed by atoms with Gasteiger partial charge in [-0.15, -0.1) is 24.8 Å². The molecule has 2 aliphatic rings. The van der Waals surface area contributed by atoms with Crippen molar-refractivity contribution in [2.24, 2.45) is 0 Å². The molecule has 11 nitrogen and oxygen atoms in total. The molecule has 1 aromatic rings. The number of unbranched alkanes of at least 4 members (excludes halogenated alkanes) is 1. The molecule has 3 N–H and O–H groups in total. The first kappa shape index (κ1) is 28.6. The van der Waals surface area contributed by atoms with Crippen molar-refractivity contribution in [1.29, 1.82) is 0 Å². The number of anilines is 2. The molecule has 3 heterocycles. The first-order valence-corrected chi connectivity index (χ1v) is 11.7. The van der Waals surface area contributed by atoms with E-state index in [0.29, 0.717) is 24.7 Å². The highest BCUT2D eigenvalue weighted by Gasteiger charge is 2.54.